The number of unbranched alkanes of at least 4 members (excludes halogenated alkanes) is 4. The Morgan fingerprint density at radius 3 is 2.42 bits per heavy atom. The molecular formula is C16H26O3. The molecule has 3 heteroatoms. The molecule has 0 aromatic heterocycles. The first-order chi connectivity index (χ1) is 9.24. The van der Waals surface area contributed by atoms with Crippen molar-refractivity contribution in [2.75, 3.05) is 14.2 Å². The average molecular weight is 266 g/mol. The molecule has 0 aliphatic rings. The zero-order chi connectivity index (χ0) is 14.1. The molecule has 1 N–H and O–H groups in total. The highest BCUT2D eigenvalue weighted by atomic mass is 16.5. The summed E-state index contributed by atoms with van der Waals surface area (Å²) in [7, 11) is 3.22. The van der Waals surface area contributed by atoms with E-state index in [4.69, 9.17) is 9.47 Å². The minimum Gasteiger partial charge on any atom is -0.493 e. The summed E-state index contributed by atoms with van der Waals surface area (Å²) in [5.74, 6) is 1.32. The van der Waals surface area contributed by atoms with Gasteiger partial charge in [0.25, 0.3) is 0 Å². The van der Waals surface area contributed by atoms with Crippen molar-refractivity contribution < 1.29 is 14.6 Å². The van der Waals surface area contributed by atoms with Crippen molar-refractivity contribution in [1.29, 1.82) is 0 Å². The van der Waals surface area contributed by atoms with Crippen molar-refractivity contribution in [3.63, 3.8) is 0 Å². The highest BCUT2D eigenvalue weighted by molar-refractivity contribution is 5.47. The minimum atomic E-state index is -0.480. The maximum Gasteiger partial charge on any atom is 0.166 e. The fraction of sp³-hybridized carbons (Fsp3) is 0.625. The maximum absolute atomic E-state index is 10.3. The zero-order valence-electron chi connectivity index (χ0n) is 12.3. The van der Waals surface area contributed by atoms with Crippen LogP contribution in [0, 0.1) is 0 Å². The van der Waals surface area contributed by atoms with Crippen molar-refractivity contribution in [1.82, 2.24) is 0 Å². The Bertz CT molecular complexity index is 363. The summed E-state index contributed by atoms with van der Waals surface area (Å²) in [6.45, 7) is 2.20. The van der Waals surface area contributed by atoms with E-state index in [2.05, 4.69) is 6.92 Å². The molecule has 1 aromatic rings. The summed E-state index contributed by atoms with van der Waals surface area (Å²) in [6, 6.07) is 5.63. The fourth-order valence-corrected chi connectivity index (χ4v) is 2.27. The van der Waals surface area contributed by atoms with E-state index in [-0.39, 0.29) is 0 Å². The number of methoxy groups -OCH3 is 2. The molecule has 0 saturated carbocycles. The Labute approximate surface area is 116 Å². The number of hydrogen-bond donors (Lipinski definition) is 1. The van der Waals surface area contributed by atoms with Gasteiger partial charge in [0, 0.05) is 5.56 Å². The van der Waals surface area contributed by atoms with Crippen LogP contribution in [-0.4, -0.2) is 19.3 Å². The van der Waals surface area contributed by atoms with Gasteiger partial charge in [-0.1, -0.05) is 51.2 Å². The normalized spacial score (nSPS) is 12.2. The molecule has 19 heavy (non-hydrogen) atoms. The van der Waals surface area contributed by atoms with E-state index in [1.807, 2.05) is 18.2 Å². The Balaban J connectivity index is 2.58. The van der Waals surface area contributed by atoms with Gasteiger partial charge in [-0.05, 0) is 12.5 Å². The Hall–Kier alpha value is -1.22. The van der Waals surface area contributed by atoms with Gasteiger partial charge in [-0.25, -0.2) is 0 Å². The lowest BCUT2D eigenvalue weighted by molar-refractivity contribution is 0.158. The molecule has 0 radical (unpaired) electrons. The molecule has 0 aliphatic heterocycles. The van der Waals surface area contributed by atoms with Crippen molar-refractivity contribution in [2.45, 2.75) is 51.6 Å². The largest absolute Gasteiger partial charge is 0.493 e. The lowest BCUT2D eigenvalue weighted by atomic mass is 10.0. The second-order valence-corrected chi connectivity index (χ2v) is 4.80. The van der Waals surface area contributed by atoms with Crippen LogP contribution >= 0.6 is 0 Å². The van der Waals surface area contributed by atoms with E-state index in [0.717, 1.165) is 18.4 Å². The lowest BCUT2D eigenvalue weighted by Crippen LogP contribution is -2.02. The third-order valence-corrected chi connectivity index (χ3v) is 3.37. The van der Waals surface area contributed by atoms with Crippen LogP contribution in [-0.2, 0) is 0 Å². The van der Waals surface area contributed by atoms with Gasteiger partial charge >= 0.3 is 0 Å². The van der Waals surface area contributed by atoms with Crippen LogP contribution in [0.4, 0.5) is 0 Å². The molecule has 0 unspecified atom stereocenters. The van der Waals surface area contributed by atoms with Crippen LogP contribution < -0.4 is 9.47 Å². The van der Waals surface area contributed by atoms with Crippen LogP contribution in [0.1, 0.15) is 57.1 Å². The Morgan fingerprint density at radius 2 is 1.79 bits per heavy atom. The lowest BCUT2D eigenvalue weighted by Gasteiger charge is -2.17. The second-order valence-electron chi connectivity index (χ2n) is 4.80. The zero-order valence-corrected chi connectivity index (χ0v) is 12.3. The molecule has 0 aliphatic carbocycles. The molecule has 0 saturated heterocycles. The summed E-state index contributed by atoms with van der Waals surface area (Å²) in [5, 5.41) is 10.3. The number of ether oxygens (including phenoxy) is 2. The van der Waals surface area contributed by atoms with E-state index in [0.29, 0.717) is 11.5 Å². The molecule has 0 fully saturated rings. The number of rotatable bonds is 9. The fourth-order valence-electron chi connectivity index (χ4n) is 2.27. The second kappa shape index (κ2) is 8.81. The third-order valence-electron chi connectivity index (χ3n) is 3.37. The SMILES string of the molecule is CCCCCCC[C@H](O)c1cccc(OC)c1OC. The monoisotopic (exact) mass is 266 g/mol. The van der Waals surface area contributed by atoms with E-state index < -0.39 is 6.10 Å². The molecule has 3 nitrogen and oxygen atoms in total. The number of aliphatic hydroxyl groups is 1. The van der Waals surface area contributed by atoms with Gasteiger partial charge in [-0.2, -0.15) is 0 Å². The van der Waals surface area contributed by atoms with Gasteiger partial charge < -0.3 is 14.6 Å². The average Bonchev–Trinajstić information content (AvgIpc) is 2.45. The van der Waals surface area contributed by atoms with Gasteiger partial charge in [0.05, 0.1) is 20.3 Å². The summed E-state index contributed by atoms with van der Waals surface area (Å²) >= 11 is 0. The minimum absolute atomic E-state index is 0.480. The highest BCUT2D eigenvalue weighted by Gasteiger charge is 2.16. The van der Waals surface area contributed by atoms with E-state index >= 15 is 0 Å². The van der Waals surface area contributed by atoms with Crippen LogP contribution in [0.2, 0.25) is 0 Å². The van der Waals surface area contributed by atoms with Crippen molar-refractivity contribution in [3.8, 4) is 11.5 Å². The standard InChI is InChI=1S/C16H26O3/c1-4-5-6-7-8-11-14(17)13-10-9-12-15(18-2)16(13)19-3/h9-10,12,14,17H,4-8,11H2,1-3H3/t14-/m0/s1. The number of aliphatic hydroxyl groups excluding tert-OH is 1. The van der Waals surface area contributed by atoms with Crippen LogP contribution in [0.25, 0.3) is 0 Å². The van der Waals surface area contributed by atoms with Gasteiger partial charge in [0.1, 0.15) is 0 Å². The van der Waals surface area contributed by atoms with E-state index in [9.17, 15) is 5.11 Å². The number of benzene rings is 1. The Kier molecular flexibility index (Phi) is 7.34. The number of para-hydroxylation sites is 1. The van der Waals surface area contributed by atoms with Crippen molar-refractivity contribution in [3.05, 3.63) is 23.8 Å². The molecule has 1 aromatic carbocycles. The summed E-state index contributed by atoms with van der Waals surface area (Å²) in [6.07, 6.45) is 6.28. The summed E-state index contributed by atoms with van der Waals surface area (Å²) < 4.78 is 10.6. The molecule has 0 amide bonds. The van der Waals surface area contributed by atoms with Gasteiger partial charge in [0.15, 0.2) is 11.5 Å². The topological polar surface area (TPSA) is 38.7 Å². The molecule has 1 atom stereocenters. The van der Waals surface area contributed by atoms with Crippen LogP contribution in [0.3, 0.4) is 0 Å². The van der Waals surface area contributed by atoms with E-state index in [1.54, 1.807) is 14.2 Å². The van der Waals surface area contributed by atoms with Crippen LogP contribution in [0.5, 0.6) is 11.5 Å². The number of hydrogen-bond acceptors (Lipinski definition) is 3. The third kappa shape index (κ3) is 4.75. The van der Waals surface area contributed by atoms with Gasteiger partial charge in [-0.3, -0.25) is 0 Å². The first-order valence-corrected chi connectivity index (χ1v) is 7.13. The maximum atomic E-state index is 10.3. The molecule has 1 rings (SSSR count). The first kappa shape index (κ1) is 15.8. The smallest absolute Gasteiger partial charge is 0.166 e. The quantitative estimate of drug-likeness (QED) is 0.684. The van der Waals surface area contributed by atoms with Crippen molar-refractivity contribution in [2.24, 2.45) is 0 Å². The van der Waals surface area contributed by atoms with E-state index in [1.165, 1.54) is 25.7 Å². The highest BCUT2D eigenvalue weighted by Crippen LogP contribution is 2.36. The first-order valence-electron chi connectivity index (χ1n) is 7.13. The van der Waals surface area contributed by atoms with Gasteiger partial charge in [0.2, 0.25) is 0 Å². The predicted octanol–water partition coefficient (Wildman–Crippen LogP) is 4.10. The summed E-state index contributed by atoms with van der Waals surface area (Å²) in [4.78, 5) is 0. The van der Waals surface area contributed by atoms with Crippen molar-refractivity contribution >= 4 is 0 Å². The predicted molar refractivity (Wildman–Crippen MR) is 77.9 cm³/mol. The molecule has 108 valence electrons. The molecular weight excluding hydrogens is 240 g/mol. The summed E-state index contributed by atoms with van der Waals surface area (Å²) in [5.41, 5.74) is 0.817. The van der Waals surface area contributed by atoms with Crippen LogP contribution in [0.15, 0.2) is 18.2 Å². The Morgan fingerprint density at radius 1 is 1.05 bits per heavy atom. The molecule has 0 heterocycles. The molecule has 0 spiro atoms. The molecule has 0 bridgehead atoms. The van der Waals surface area contributed by atoms with Gasteiger partial charge in [-0.15, -0.1) is 0 Å².